The molecule has 0 radical (unpaired) electrons. The molecule has 1 aliphatic rings. The third-order valence-electron chi connectivity index (χ3n) is 3.70. The van der Waals surface area contributed by atoms with E-state index in [1.54, 1.807) is 6.20 Å². The van der Waals surface area contributed by atoms with E-state index in [1.807, 2.05) is 13.8 Å². The molecule has 2 N–H and O–H groups in total. The van der Waals surface area contributed by atoms with E-state index in [4.69, 9.17) is 17.3 Å². The standard InChI is InChI=1S/C14H23ClN4O/c1-10(2)8-19-14(20)13(15)12(7-17-19)18-5-3-4-11(6-16)9-18/h7,10-11H,3-6,8-9,16H2,1-2H3. The minimum Gasteiger partial charge on any atom is -0.369 e. The van der Waals surface area contributed by atoms with Gasteiger partial charge in [-0.25, -0.2) is 4.68 Å². The van der Waals surface area contributed by atoms with Gasteiger partial charge in [-0.1, -0.05) is 25.4 Å². The smallest absolute Gasteiger partial charge is 0.287 e. The van der Waals surface area contributed by atoms with Crippen LogP contribution >= 0.6 is 11.6 Å². The molecule has 5 nitrogen and oxygen atoms in total. The van der Waals surface area contributed by atoms with Crippen molar-refractivity contribution in [2.45, 2.75) is 33.2 Å². The fourth-order valence-corrected chi connectivity index (χ4v) is 2.89. The normalized spacial score (nSPS) is 19.6. The van der Waals surface area contributed by atoms with Crippen LogP contribution < -0.4 is 16.2 Å². The summed E-state index contributed by atoms with van der Waals surface area (Å²) < 4.78 is 1.45. The zero-order valence-corrected chi connectivity index (χ0v) is 12.9. The van der Waals surface area contributed by atoms with Crippen LogP contribution in [0.5, 0.6) is 0 Å². The summed E-state index contributed by atoms with van der Waals surface area (Å²) in [7, 11) is 0. The molecule has 2 rings (SSSR count). The molecule has 0 spiro atoms. The summed E-state index contributed by atoms with van der Waals surface area (Å²) in [4.78, 5) is 14.4. The van der Waals surface area contributed by atoms with Crippen molar-refractivity contribution in [2.75, 3.05) is 24.5 Å². The number of hydrogen-bond acceptors (Lipinski definition) is 4. The SMILES string of the molecule is CC(C)Cn1ncc(N2CCCC(CN)C2)c(Cl)c1=O. The number of aromatic nitrogens is 2. The minimum absolute atomic E-state index is 0.201. The molecule has 112 valence electrons. The summed E-state index contributed by atoms with van der Waals surface area (Å²) in [5.74, 6) is 0.830. The van der Waals surface area contributed by atoms with E-state index in [9.17, 15) is 4.79 Å². The quantitative estimate of drug-likeness (QED) is 0.919. The maximum absolute atomic E-state index is 12.2. The van der Waals surface area contributed by atoms with Gasteiger partial charge >= 0.3 is 0 Å². The second kappa shape index (κ2) is 6.59. The molecule has 1 aromatic rings. The number of nitrogens with zero attached hydrogens (tertiary/aromatic N) is 3. The molecule has 0 bridgehead atoms. The van der Waals surface area contributed by atoms with E-state index in [2.05, 4.69) is 10.00 Å². The Morgan fingerprint density at radius 2 is 2.30 bits per heavy atom. The van der Waals surface area contributed by atoms with Crippen LogP contribution in [0, 0.1) is 11.8 Å². The van der Waals surface area contributed by atoms with Gasteiger partial charge in [0.15, 0.2) is 0 Å². The Kier molecular flexibility index (Phi) is 5.05. The van der Waals surface area contributed by atoms with Crippen LogP contribution in [0.2, 0.25) is 5.02 Å². The fraction of sp³-hybridized carbons (Fsp3) is 0.714. The topological polar surface area (TPSA) is 64.2 Å². The molecule has 1 atom stereocenters. The van der Waals surface area contributed by atoms with E-state index < -0.39 is 0 Å². The lowest BCUT2D eigenvalue weighted by Gasteiger charge is -2.34. The predicted molar refractivity (Wildman–Crippen MR) is 82.3 cm³/mol. The van der Waals surface area contributed by atoms with Crippen molar-refractivity contribution in [3.05, 3.63) is 21.6 Å². The highest BCUT2D eigenvalue weighted by Crippen LogP contribution is 2.26. The second-order valence-electron chi connectivity index (χ2n) is 5.91. The number of piperidine rings is 1. The first-order valence-electron chi connectivity index (χ1n) is 7.23. The van der Waals surface area contributed by atoms with Gasteiger partial charge < -0.3 is 10.6 Å². The first-order valence-corrected chi connectivity index (χ1v) is 7.61. The number of anilines is 1. The van der Waals surface area contributed by atoms with Gasteiger partial charge in [0.1, 0.15) is 5.02 Å². The lowest BCUT2D eigenvalue weighted by Crippen LogP contribution is -2.39. The summed E-state index contributed by atoms with van der Waals surface area (Å²) in [6.45, 7) is 7.12. The molecule has 1 saturated heterocycles. The molecule has 0 amide bonds. The lowest BCUT2D eigenvalue weighted by molar-refractivity contribution is 0.421. The second-order valence-corrected chi connectivity index (χ2v) is 6.29. The van der Waals surface area contributed by atoms with E-state index in [0.717, 1.165) is 31.6 Å². The molecule has 0 aromatic carbocycles. The van der Waals surface area contributed by atoms with Gasteiger partial charge in [0, 0.05) is 19.6 Å². The van der Waals surface area contributed by atoms with Crippen molar-refractivity contribution < 1.29 is 0 Å². The van der Waals surface area contributed by atoms with Crippen LogP contribution in [0.1, 0.15) is 26.7 Å². The Bertz CT molecular complexity index is 514. The Balaban J connectivity index is 2.25. The van der Waals surface area contributed by atoms with Gasteiger partial charge in [0.25, 0.3) is 5.56 Å². The van der Waals surface area contributed by atoms with Crippen LogP contribution in [-0.4, -0.2) is 29.4 Å². The first-order chi connectivity index (χ1) is 9.52. The van der Waals surface area contributed by atoms with Gasteiger partial charge in [0.2, 0.25) is 0 Å². The Labute approximate surface area is 124 Å². The average molecular weight is 299 g/mol. The first kappa shape index (κ1) is 15.3. The van der Waals surface area contributed by atoms with Crippen molar-refractivity contribution >= 4 is 17.3 Å². The molecule has 0 aliphatic carbocycles. The summed E-state index contributed by atoms with van der Waals surface area (Å²) in [5, 5.41) is 4.53. The summed E-state index contributed by atoms with van der Waals surface area (Å²) in [5.41, 5.74) is 6.29. The predicted octanol–water partition coefficient (Wildman–Crippen LogP) is 1.73. The third-order valence-corrected chi connectivity index (χ3v) is 4.05. The van der Waals surface area contributed by atoms with E-state index in [1.165, 1.54) is 4.68 Å². The number of hydrogen-bond donors (Lipinski definition) is 1. The van der Waals surface area contributed by atoms with Crippen molar-refractivity contribution in [1.82, 2.24) is 9.78 Å². The molecule has 1 aliphatic heterocycles. The van der Waals surface area contributed by atoms with E-state index >= 15 is 0 Å². The molecular weight excluding hydrogens is 276 g/mol. The molecule has 1 unspecified atom stereocenters. The monoisotopic (exact) mass is 298 g/mol. The number of nitrogens with two attached hydrogens (primary N) is 1. The average Bonchev–Trinajstić information content (AvgIpc) is 2.44. The Morgan fingerprint density at radius 3 is 2.95 bits per heavy atom. The van der Waals surface area contributed by atoms with E-state index in [0.29, 0.717) is 24.9 Å². The summed E-state index contributed by atoms with van der Waals surface area (Å²) in [6.07, 6.45) is 3.93. The highest BCUT2D eigenvalue weighted by Gasteiger charge is 2.22. The molecule has 20 heavy (non-hydrogen) atoms. The Hall–Kier alpha value is -1.07. The molecule has 1 fully saturated rings. The highest BCUT2D eigenvalue weighted by atomic mass is 35.5. The van der Waals surface area contributed by atoms with Crippen LogP contribution in [0.4, 0.5) is 5.69 Å². The molecule has 0 saturated carbocycles. The Morgan fingerprint density at radius 1 is 1.55 bits per heavy atom. The van der Waals surface area contributed by atoms with Gasteiger partial charge in [-0.05, 0) is 31.2 Å². The zero-order valence-electron chi connectivity index (χ0n) is 12.2. The van der Waals surface area contributed by atoms with Crippen LogP contribution in [0.25, 0.3) is 0 Å². The molecular formula is C14H23ClN4O. The van der Waals surface area contributed by atoms with Crippen molar-refractivity contribution in [3.8, 4) is 0 Å². The summed E-state index contributed by atoms with van der Waals surface area (Å²) >= 11 is 6.26. The molecule has 6 heteroatoms. The molecule has 2 heterocycles. The zero-order chi connectivity index (χ0) is 14.7. The van der Waals surface area contributed by atoms with Crippen molar-refractivity contribution in [3.63, 3.8) is 0 Å². The maximum atomic E-state index is 12.2. The molecule has 1 aromatic heterocycles. The number of rotatable bonds is 4. The van der Waals surface area contributed by atoms with Crippen LogP contribution in [0.3, 0.4) is 0 Å². The third kappa shape index (κ3) is 3.33. The van der Waals surface area contributed by atoms with Gasteiger partial charge in [0.05, 0.1) is 11.9 Å². The van der Waals surface area contributed by atoms with Crippen molar-refractivity contribution in [1.29, 1.82) is 0 Å². The van der Waals surface area contributed by atoms with Gasteiger partial charge in [-0.15, -0.1) is 0 Å². The van der Waals surface area contributed by atoms with Crippen LogP contribution in [-0.2, 0) is 6.54 Å². The summed E-state index contributed by atoms with van der Waals surface area (Å²) in [6, 6.07) is 0. The van der Waals surface area contributed by atoms with Crippen molar-refractivity contribution in [2.24, 2.45) is 17.6 Å². The van der Waals surface area contributed by atoms with Gasteiger partial charge in [-0.2, -0.15) is 5.10 Å². The van der Waals surface area contributed by atoms with Gasteiger partial charge in [-0.3, -0.25) is 4.79 Å². The van der Waals surface area contributed by atoms with Crippen LogP contribution in [0.15, 0.2) is 11.0 Å². The largest absolute Gasteiger partial charge is 0.369 e. The fourth-order valence-electron chi connectivity index (χ4n) is 2.63. The number of halogens is 1. The lowest BCUT2D eigenvalue weighted by atomic mass is 9.98. The highest BCUT2D eigenvalue weighted by molar-refractivity contribution is 6.33. The van der Waals surface area contributed by atoms with E-state index in [-0.39, 0.29) is 10.6 Å². The minimum atomic E-state index is -0.201. The maximum Gasteiger partial charge on any atom is 0.287 e.